The Bertz CT molecular complexity index is 591. The number of hydrogen-bond donors (Lipinski definition) is 0. The quantitative estimate of drug-likeness (QED) is 0.646. The molecule has 1 aliphatic heterocycles. The molecule has 0 bridgehead atoms. The lowest BCUT2D eigenvalue weighted by Crippen LogP contribution is -2.36. The van der Waals surface area contributed by atoms with Gasteiger partial charge in [0.25, 0.3) is 0 Å². The van der Waals surface area contributed by atoms with E-state index in [2.05, 4.69) is 28.1 Å². The number of nitrogens with zero attached hydrogens (tertiary/aromatic N) is 1. The van der Waals surface area contributed by atoms with Gasteiger partial charge in [-0.15, -0.1) is 0 Å². The monoisotopic (exact) mass is 365 g/mol. The van der Waals surface area contributed by atoms with Crippen LogP contribution in [0.3, 0.4) is 0 Å². The Balaban J connectivity index is 1.90. The fourth-order valence-corrected chi connectivity index (χ4v) is 4.17. The molecular weight excluding hydrogens is 342 g/mol. The molecule has 22 heavy (non-hydrogen) atoms. The number of carbonyl (C=O) groups excluding carboxylic acids is 1. The van der Waals surface area contributed by atoms with E-state index in [1.54, 1.807) is 0 Å². The highest BCUT2D eigenvalue weighted by Crippen LogP contribution is 2.41. The minimum atomic E-state index is -0.440. The minimum absolute atomic E-state index is 0.192. The summed E-state index contributed by atoms with van der Waals surface area (Å²) in [5.41, 5.74) is 3.81. The zero-order chi connectivity index (χ0) is 15.9. The normalized spacial score (nSPS) is 21.1. The van der Waals surface area contributed by atoms with Crippen molar-refractivity contribution in [3.63, 3.8) is 0 Å². The van der Waals surface area contributed by atoms with Gasteiger partial charge >= 0.3 is 6.09 Å². The van der Waals surface area contributed by atoms with Crippen LogP contribution in [0.2, 0.25) is 0 Å². The first-order valence-corrected chi connectivity index (χ1v) is 8.92. The lowest BCUT2D eigenvalue weighted by atomic mass is 9.79. The Hall–Kier alpha value is -1.03. The van der Waals surface area contributed by atoms with Crippen LogP contribution in [-0.2, 0) is 17.7 Å². The molecule has 0 saturated heterocycles. The second-order valence-corrected chi connectivity index (χ2v) is 8.23. The van der Waals surface area contributed by atoms with Crippen LogP contribution >= 0.6 is 15.9 Å². The highest BCUT2D eigenvalue weighted by Gasteiger charge is 2.31. The molecule has 3 rings (SSSR count). The highest BCUT2D eigenvalue weighted by atomic mass is 79.9. The van der Waals surface area contributed by atoms with Gasteiger partial charge < -0.3 is 9.64 Å². The van der Waals surface area contributed by atoms with Crippen LogP contribution in [0.15, 0.2) is 16.6 Å². The first kappa shape index (κ1) is 15.9. The van der Waals surface area contributed by atoms with Crippen molar-refractivity contribution >= 4 is 22.0 Å². The molecule has 0 N–H and O–H groups in total. The fourth-order valence-electron chi connectivity index (χ4n) is 3.62. The zero-order valence-corrected chi connectivity index (χ0v) is 15.2. The Morgan fingerprint density at radius 3 is 2.82 bits per heavy atom. The van der Waals surface area contributed by atoms with Gasteiger partial charge in [0.05, 0.1) is 0 Å². The maximum atomic E-state index is 12.4. The summed E-state index contributed by atoms with van der Waals surface area (Å²) in [5, 5.41) is 0. The molecule has 1 aromatic rings. The van der Waals surface area contributed by atoms with E-state index in [0.717, 1.165) is 19.4 Å². The molecule has 120 valence electrons. The van der Waals surface area contributed by atoms with Crippen molar-refractivity contribution in [1.29, 1.82) is 0 Å². The molecule has 1 aromatic carbocycles. The molecule has 1 unspecified atom stereocenters. The summed E-state index contributed by atoms with van der Waals surface area (Å²) in [7, 11) is 0. The van der Waals surface area contributed by atoms with Crippen LogP contribution in [0.25, 0.3) is 0 Å². The van der Waals surface area contributed by atoms with Crippen molar-refractivity contribution in [3.8, 4) is 0 Å². The summed E-state index contributed by atoms with van der Waals surface area (Å²) >= 11 is 3.70. The van der Waals surface area contributed by atoms with Gasteiger partial charge in [0.15, 0.2) is 0 Å². The molecule has 1 heterocycles. The minimum Gasteiger partial charge on any atom is -0.444 e. The second kappa shape index (κ2) is 5.88. The lowest BCUT2D eigenvalue weighted by Gasteiger charge is -2.27. The molecule has 2 aliphatic rings. The Morgan fingerprint density at radius 2 is 2.09 bits per heavy atom. The van der Waals surface area contributed by atoms with E-state index in [1.807, 2.05) is 25.7 Å². The SMILES string of the molecule is CC(C)(C)OC(=O)N1CCC2CCCc3c(Br)ccc(c32)C1. The number of rotatable bonds is 0. The summed E-state index contributed by atoms with van der Waals surface area (Å²) in [4.78, 5) is 14.3. The average molecular weight is 366 g/mol. The van der Waals surface area contributed by atoms with Gasteiger partial charge in [-0.2, -0.15) is 0 Å². The molecular formula is C18H24BrNO2. The van der Waals surface area contributed by atoms with Crippen LogP contribution in [0.1, 0.15) is 62.6 Å². The van der Waals surface area contributed by atoms with Crippen LogP contribution in [0.4, 0.5) is 4.79 Å². The maximum absolute atomic E-state index is 12.4. The third kappa shape index (κ3) is 3.17. The maximum Gasteiger partial charge on any atom is 0.410 e. The van der Waals surface area contributed by atoms with Crippen molar-refractivity contribution in [2.75, 3.05) is 6.54 Å². The molecule has 1 aliphatic carbocycles. The van der Waals surface area contributed by atoms with E-state index < -0.39 is 5.60 Å². The van der Waals surface area contributed by atoms with Crippen LogP contribution in [0.5, 0.6) is 0 Å². The number of amides is 1. The summed E-state index contributed by atoms with van der Waals surface area (Å²) < 4.78 is 6.79. The van der Waals surface area contributed by atoms with E-state index in [9.17, 15) is 4.79 Å². The third-order valence-corrected chi connectivity index (χ3v) is 5.28. The van der Waals surface area contributed by atoms with Gasteiger partial charge in [0.1, 0.15) is 5.60 Å². The van der Waals surface area contributed by atoms with Crippen molar-refractivity contribution in [1.82, 2.24) is 4.90 Å². The molecule has 0 radical (unpaired) electrons. The van der Waals surface area contributed by atoms with Gasteiger partial charge in [-0.1, -0.05) is 22.0 Å². The second-order valence-electron chi connectivity index (χ2n) is 7.38. The molecule has 0 aromatic heterocycles. The van der Waals surface area contributed by atoms with Crippen molar-refractivity contribution < 1.29 is 9.53 Å². The van der Waals surface area contributed by atoms with Crippen molar-refractivity contribution in [3.05, 3.63) is 33.3 Å². The van der Waals surface area contributed by atoms with Gasteiger partial charge in [0.2, 0.25) is 0 Å². The predicted molar refractivity (Wildman–Crippen MR) is 91.1 cm³/mol. The Labute approximate surface area is 141 Å². The highest BCUT2D eigenvalue weighted by molar-refractivity contribution is 9.10. The van der Waals surface area contributed by atoms with Crippen molar-refractivity contribution in [2.24, 2.45) is 0 Å². The number of carbonyl (C=O) groups is 1. The largest absolute Gasteiger partial charge is 0.444 e. The molecule has 0 spiro atoms. The lowest BCUT2D eigenvalue weighted by molar-refractivity contribution is 0.0234. The summed E-state index contributed by atoms with van der Waals surface area (Å²) in [6, 6.07) is 4.30. The molecule has 4 heteroatoms. The summed E-state index contributed by atoms with van der Waals surface area (Å²) in [6.45, 7) is 7.21. The van der Waals surface area contributed by atoms with Gasteiger partial charge in [0, 0.05) is 17.6 Å². The number of ether oxygens (including phenoxy) is 1. The first-order chi connectivity index (χ1) is 10.3. The molecule has 1 amide bonds. The third-order valence-electron chi connectivity index (χ3n) is 4.54. The molecule has 3 nitrogen and oxygen atoms in total. The van der Waals surface area contributed by atoms with Gasteiger partial charge in [-0.25, -0.2) is 4.79 Å². The predicted octanol–water partition coefficient (Wildman–Crippen LogP) is 5.01. The van der Waals surface area contributed by atoms with E-state index in [0.29, 0.717) is 12.5 Å². The van der Waals surface area contributed by atoms with E-state index in [1.165, 1.54) is 34.0 Å². The van der Waals surface area contributed by atoms with Crippen LogP contribution in [-0.4, -0.2) is 23.1 Å². The molecule has 1 atom stereocenters. The smallest absolute Gasteiger partial charge is 0.410 e. The number of halogens is 1. The van der Waals surface area contributed by atoms with Crippen LogP contribution in [0, 0.1) is 0 Å². The Kier molecular flexibility index (Phi) is 4.23. The van der Waals surface area contributed by atoms with E-state index >= 15 is 0 Å². The average Bonchev–Trinajstić information content (AvgIpc) is 2.62. The van der Waals surface area contributed by atoms with Crippen molar-refractivity contribution in [2.45, 2.75) is 64.5 Å². The van der Waals surface area contributed by atoms with Gasteiger partial charge in [-0.05, 0) is 75.1 Å². The number of benzene rings is 1. The summed E-state index contributed by atoms with van der Waals surface area (Å²) in [5.74, 6) is 0.587. The first-order valence-electron chi connectivity index (χ1n) is 8.13. The molecule has 0 saturated carbocycles. The van der Waals surface area contributed by atoms with E-state index in [-0.39, 0.29) is 6.09 Å². The summed E-state index contributed by atoms with van der Waals surface area (Å²) in [6.07, 6.45) is 4.47. The topological polar surface area (TPSA) is 29.5 Å². The number of hydrogen-bond acceptors (Lipinski definition) is 2. The fraction of sp³-hybridized carbons (Fsp3) is 0.611. The molecule has 0 fully saturated rings. The standard InChI is InChI=1S/C18H24BrNO2/c1-18(2,3)22-17(21)20-10-9-12-5-4-6-14-15(19)8-7-13(11-20)16(12)14/h7-8,12H,4-6,9-11H2,1-3H3. The Morgan fingerprint density at radius 1 is 1.32 bits per heavy atom. The van der Waals surface area contributed by atoms with E-state index in [4.69, 9.17) is 4.74 Å². The zero-order valence-electron chi connectivity index (χ0n) is 13.6. The van der Waals surface area contributed by atoms with Crippen LogP contribution < -0.4 is 0 Å². The van der Waals surface area contributed by atoms with Gasteiger partial charge in [-0.3, -0.25) is 0 Å².